The molecular weight excluding hydrogens is 410 g/mol. The number of carboxylic acid groups (broad SMARTS) is 1. The van der Waals surface area contributed by atoms with Gasteiger partial charge in [0.2, 0.25) is 5.60 Å². The van der Waals surface area contributed by atoms with E-state index in [1.54, 1.807) is 0 Å². The van der Waals surface area contributed by atoms with Crippen LogP contribution in [-0.2, 0) is 17.8 Å². The van der Waals surface area contributed by atoms with Crippen molar-refractivity contribution in [1.82, 2.24) is 4.57 Å². The van der Waals surface area contributed by atoms with Crippen LogP contribution in [0.2, 0.25) is 0 Å². The second kappa shape index (κ2) is 9.69. The summed E-state index contributed by atoms with van der Waals surface area (Å²) in [6, 6.07) is 16.2. The summed E-state index contributed by atoms with van der Waals surface area (Å²) in [5, 5.41) is 10.9. The number of hydrogen-bond donors (Lipinski definition) is 1. The van der Waals surface area contributed by atoms with Gasteiger partial charge in [0.25, 0.3) is 0 Å². The topological polar surface area (TPSA) is 60.7 Å². The molecule has 1 aliphatic carbocycles. The number of carboxylic acids is 1. The van der Waals surface area contributed by atoms with E-state index in [2.05, 4.69) is 29.0 Å². The fraction of sp³-hybridized carbons (Fsp3) is 0.400. The molecule has 0 spiro atoms. The average molecular weight is 440 g/mol. The van der Waals surface area contributed by atoms with Gasteiger partial charge in [-0.2, -0.15) is 0 Å². The predicted molar refractivity (Wildman–Crippen MR) is 125 cm³/mol. The summed E-state index contributed by atoms with van der Waals surface area (Å²) in [6.07, 6.45) is 10.1. The highest BCUT2D eigenvalue weighted by atomic mass is 32.2. The number of ether oxygens (including phenoxy) is 1. The van der Waals surface area contributed by atoms with Crippen LogP contribution in [0.15, 0.2) is 54.7 Å². The van der Waals surface area contributed by atoms with Gasteiger partial charge >= 0.3 is 5.97 Å². The summed E-state index contributed by atoms with van der Waals surface area (Å²) in [5.41, 5.74) is 1.38. The zero-order valence-corrected chi connectivity index (χ0v) is 18.7. The molecule has 0 amide bonds. The molecule has 6 heteroatoms. The molecule has 4 rings (SSSR count). The van der Waals surface area contributed by atoms with E-state index in [9.17, 15) is 9.90 Å². The number of fused-ring (bicyclic) bond motifs is 1. The van der Waals surface area contributed by atoms with Crippen LogP contribution in [0.3, 0.4) is 0 Å². The van der Waals surface area contributed by atoms with Gasteiger partial charge in [-0.15, -0.1) is 0 Å². The summed E-state index contributed by atoms with van der Waals surface area (Å²) in [7, 11) is 0. The number of hydrogen-bond acceptors (Lipinski definition) is 4. The van der Waals surface area contributed by atoms with Crippen LogP contribution >= 0.6 is 12.0 Å². The number of aryl methyl sites for hydroxylation is 2. The normalized spacial score (nSPS) is 15.6. The molecule has 0 unspecified atom stereocenters. The van der Waals surface area contributed by atoms with Crippen LogP contribution in [0.4, 0.5) is 0 Å². The van der Waals surface area contributed by atoms with E-state index in [1.165, 1.54) is 28.5 Å². The Morgan fingerprint density at radius 3 is 2.52 bits per heavy atom. The molecule has 0 bridgehead atoms. The first kappa shape index (κ1) is 21.6. The quantitative estimate of drug-likeness (QED) is 0.408. The first-order chi connectivity index (χ1) is 15.1. The van der Waals surface area contributed by atoms with Crippen molar-refractivity contribution in [3.63, 3.8) is 0 Å². The Morgan fingerprint density at radius 1 is 1.06 bits per heavy atom. The van der Waals surface area contributed by atoms with Crippen LogP contribution in [0.5, 0.6) is 11.5 Å². The molecule has 3 aromatic rings. The number of benzene rings is 2. The molecule has 1 aromatic heterocycles. The minimum Gasteiger partial charge on any atom is -0.478 e. The lowest BCUT2D eigenvalue weighted by molar-refractivity contribution is -0.158. The van der Waals surface area contributed by atoms with Gasteiger partial charge in [0, 0.05) is 29.9 Å². The molecule has 2 aromatic carbocycles. The van der Waals surface area contributed by atoms with Gasteiger partial charge in [-0.05, 0) is 80.5 Å². The van der Waals surface area contributed by atoms with E-state index in [0.717, 1.165) is 44.4 Å². The maximum absolute atomic E-state index is 11.8. The van der Waals surface area contributed by atoms with E-state index in [0.29, 0.717) is 18.6 Å². The van der Waals surface area contributed by atoms with Crippen LogP contribution in [0.25, 0.3) is 10.9 Å². The number of aromatic nitrogens is 1. The van der Waals surface area contributed by atoms with E-state index in [-0.39, 0.29) is 0 Å². The van der Waals surface area contributed by atoms with E-state index in [1.807, 2.05) is 36.6 Å². The molecule has 1 N–H and O–H groups in total. The molecule has 1 aliphatic rings. The van der Waals surface area contributed by atoms with Gasteiger partial charge in [0.05, 0.1) is 12.0 Å². The molecule has 1 saturated carbocycles. The van der Waals surface area contributed by atoms with Gasteiger partial charge in [-0.3, -0.25) is 0 Å². The Labute approximate surface area is 187 Å². The molecule has 0 atom stereocenters. The first-order valence-electron chi connectivity index (χ1n) is 10.9. The molecule has 31 heavy (non-hydrogen) atoms. The molecule has 1 fully saturated rings. The van der Waals surface area contributed by atoms with Gasteiger partial charge < -0.3 is 18.6 Å². The molecule has 1 heterocycles. The summed E-state index contributed by atoms with van der Waals surface area (Å²) in [5.74, 6) is 0.674. The highest BCUT2D eigenvalue weighted by molar-refractivity contribution is 7.94. The van der Waals surface area contributed by atoms with E-state index in [4.69, 9.17) is 8.92 Å². The van der Waals surface area contributed by atoms with Gasteiger partial charge in [-0.25, -0.2) is 4.79 Å². The third-order valence-corrected chi connectivity index (χ3v) is 6.43. The molecule has 0 aliphatic heterocycles. The predicted octanol–water partition coefficient (Wildman–Crippen LogP) is 6.10. The minimum atomic E-state index is -1.06. The number of rotatable bonds is 9. The van der Waals surface area contributed by atoms with Gasteiger partial charge in [-0.1, -0.05) is 18.6 Å². The number of nitrogens with zero attached hydrogens (tertiary/aromatic N) is 1. The maximum atomic E-state index is 11.8. The summed E-state index contributed by atoms with van der Waals surface area (Å²) in [4.78, 5) is 11.8. The Hall–Kier alpha value is -2.60. The van der Waals surface area contributed by atoms with E-state index < -0.39 is 11.6 Å². The monoisotopic (exact) mass is 439 g/mol. The molecule has 164 valence electrons. The van der Waals surface area contributed by atoms with Crippen molar-refractivity contribution in [2.45, 2.75) is 57.1 Å². The summed E-state index contributed by atoms with van der Waals surface area (Å²) < 4.78 is 13.8. The Morgan fingerprint density at radius 2 is 1.81 bits per heavy atom. The molecule has 0 saturated heterocycles. The van der Waals surface area contributed by atoms with Crippen LogP contribution in [0, 0.1) is 0 Å². The van der Waals surface area contributed by atoms with Crippen molar-refractivity contribution in [3.8, 4) is 11.5 Å². The van der Waals surface area contributed by atoms with Crippen LogP contribution < -0.4 is 8.92 Å². The largest absolute Gasteiger partial charge is 0.478 e. The molecule has 0 radical (unpaired) electrons. The van der Waals surface area contributed by atoms with Crippen molar-refractivity contribution < 1.29 is 18.8 Å². The maximum Gasteiger partial charge on any atom is 0.348 e. The van der Waals surface area contributed by atoms with Crippen molar-refractivity contribution in [2.24, 2.45) is 0 Å². The summed E-state index contributed by atoms with van der Waals surface area (Å²) >= 11 is 1.35. The van der Waals surface area contributed by atoms with Crippen molar-refractivity contribution in [1.29, 1.82) is 0 Å². The first-order valence-corrected chi connectivity index (χ1v) is 12.1. The Kier molecular flexibility index (Phi) is 6.76. The van der Waals surface area contributed by atoms with Crippen molar-refractivity contribution in [3.05, 3.63) is 60.3 Å². The average Bonchev–Trinajstić information content (AvgIpc) is 3.18. The van der Waals surface area contributed by atoms with E-state index >= 15 is 0 Å². The number of carbonyl (C=O) groups is 1. The lowest BCUT2D eigenvalue weighted by Gasteiger charge is -2.33. The zero-order valence-electron chi connectivity index (χ0n) is 17.9. The zero-order chi connectivity index (χ0) is 21.7. The smallest absolute Gasteiger partial charge is 0.348 e. The van der Waals surface area contributed by atoms with Gasteiger partial charge in [0.15, 0.2) is 0 Å². The van der Waals surface area contributed by atoms with Gasteiger partial charge in [0.1, 0.15) is 11.5 Å². The fourth-order valence-corrected chi connectivity index (χ4v) is 4.70. The summed E-state index contributed by atoms with van der Waals surface area (Å²) in [6.45, 7) is 0.937. The fourth-order valence-electron chi connectivity index (χ4n) is 4.41. The standard InChI is InChI=1S/C25H29NO4S/c1-31-30-22-11-12-23-20(18-22)13-17-26(23)16-5-6-19-7-9-21(10-8-19)29-25(24(27)28)14-3-2-4-15-25/h7-13,17-18H,2-6,14-16H2,1H3,(H,27,28). The SMILES string of the molecule is CSOc1ccc2c(ccn2CCCc2ccc(OC3(C(=O)O)CCCCC3)cc2)c1. The Bertz CT molecular complexity index is 1020. The second-order valence-corrected chi connectivity index (χ2v) is 8.69. The molecule has 5 nitrogen and oxygen atoms in total. The second-order valence-electron chi connectivity index (χ2n) is 8.19. The van der Waals surface area contributed by atoms with Crippen LogP contribution in [-0.4, -0.2) is 27.5 Å². The lowest BCUT2D eigenvalue weighted by atomic mass is 9.84. The van der Waals surface area contributed by atoms with Crippen molar-refractivity contribution in [2.75, 3.05) is 6.26 Å². The third kappa shape index (κ3) is 5.01. The number of aliphatic carboxylic acids is 1. The third-order valence-electron chi connectivity index (χ3n) is 6.07. The highest BCUT2D eigenvalue weighted by Crippen LogP contribution is 2.33. The minimum absolute atomic E-state index is 0.583. The Balaban J connectivity index is 1.33. The van der Waals surface area contributed by atoms with Crippen LogP contribution in [0.1, 0.15) is 44.1 Å². The molecular formula is C25H29NO4S. The highest BCUT2D eigenvalue weighted by Gasteiger charge is 2.42. The van der Waals surface area contributed by atoms with Crippen molar-refractivity contribution >= 4 is 28.9 Å². The lowest BCUT2D eigenvalue weighted by Crippen LogP contribution is -2.46.